The first-order chi connectivity index (χ1) is 6.85. The minimum absolute atomic E-state index is 0.360. The fraction of sp³-hybridized carbons (Fsp3) is 0.333. The molecule has 0 aromatic heterocycles. The van der Waals surface area contributed by atoms with Gasteiger partial charge in [0.1, 0.15) is 6.67 Å². The molecule has 0 saturated carbocycles. The van der Waals surface area contributed by atoms with Crippen LogP contribution in [0.3, 0.4) is 0 Å². The summed E-state index contributed by atoms with van der Waals surface area (Å²) < 4.78 is 16.3. The molecule has 2 heteroatoms. The quantitative estimate of drug-likeness (QED) is 0.660. The molecule has 0 radical (unpaired) electrons. The van der Waals surface area contributed by atoms with E-state index in [1.807, 2.05) is 25.1 Å². The Balaban J connectivity index is 0. The van der Waals surface area contributed by atoms with Gasteiger partial charge >= 0.3 is 0 Å². The molecular weight excluding hydrogens is 179 g/mol. The van der Waals surface area contributed by atoms with E-state index in [2.05, 4.69) is 17.6 Å². The van der Waals surface area contributed by atoms with Gasteiger partial charge in [-0.3, -0.25) is 0 Å². The Morgan fingerprint density at radius 1 is 1.21 bits per heavy atom. The average Bonchev–Trinajstić information content (AvgIpc) is 2.33. The fourth-order valence-electron chi connectivity index (χ4n) is 0.567. The second-order valence-corrected chi connectivity index (χ2v) is 2.20. The molecule has 0 saturated heterocycles. The van der Waals surface area contributed by atoms with Crippen LogP contribution in [0.4, 0.5) is 4.39 Å². The molecule has 0 fully saturated rings. The van der Waals surface area contributed by atoms with Gasteiger partial charge in [0, 0.05) is 13.7 Å². The zero-order valence-electron chi connectivity index (χ0n) is 8.74. The zero-order valence-corrected chi connectivity index (χ0v) is 8.74. The predicted molar refractivity (Wildman–Crippen MR) is 58.7 cm³/mol. The van der Waals surface area contributed by atoms with E-state index >= 15 is 0 Å². The number of hydrogen-bond donors (Lipinski definition) is 0. The van der Waals surface area contributed by atoms with Gasteiger partial charge in [0.2, 0.25) is 0 Å². The maximum Gasteiger partial charge on any atom is 0.115 e. The molecule has 78 valence electrons. The Morgan fingerprint density at radius 3 is 1.86 bits per heavy atom. The molecule has 0 unspecified atom stereocenters. The molecule has 14 heavy (non-hydrogen) atoms. The topological polar surface area (TPSA) is 9.23 Å². The normalized spacial score (nSPS) is 7.50. The van der Waals surface area contributed by atoms with Crippen molar-refractivity contribution in [3.63, 3.8) is 0 Å². The number of hydrogen-bond acceptors (Lipinski definition) is 1. The van der Waals surface area contributed by atoms with Gasteiger partial charge in [-0.15, -0.1) is 12.8 Å². The molecule has 0 amide bonds. The van der Waals surface area contributed by atoms with Gasteiger partial charge < -0.3 is 4.74 Å². The summed E-state index contributed by atoms with van der Waals surface area (Å²) in [6.45, 7) is 2.42. The molecule has 0 N–H and O–H groups in total. The second-order valence-electron chi connectivity index (χ2n) is 2.20. The van der Waals surface area contributed by atoms with Crippen molar-refractivity contribution in [1.82, 2.24) is 0 Å². The second kappa shape index (κ2) is 14.2. The number of terminal acetylenes is 1. The summed E-state index contributed by atoms with van der Waals surface area (Å²) in [5, 5.41) is 0. The van der Waals surface area contributed by atoms with E-state index in [1.54, 1.807) is 19.2 Å². The van der Waals surface area contributed by atoms with Crippen molar-refractivity contribution in [1.29, 1.82) is 0 Å². The van der Waals surface area contributed by atoms with E-state index in [0.29, 0.717) is 0 Å². The number of alkyl halides is 1. The molecule has 0 aliphatic rings. The van der Waals surface area contributed by atoms with Crippen molar-refractivity contribution in [2.24, 2.45) is 0 Å². The summed E-state index contributed by atoms with van der Waals surface area (Å²) in [4.78, 5) is 0. The molecule has 0 bridgehead atoms. The minimum atomic E-state index is -0.360. The number of rotatable bonds is 2. The highest BCUT2D eigenvalue weighted by Crippen LogP contribution is 1.98. The van der Waals surface area contributed by atoms with Gasteiger partial charge in [0.05, 0.1) is 0 Å². The van der Waals surface area contributed by atoms with Crippen molar-refractivity contribution in [3.8, 4) is 12.8 Å². The van der Waals surface area contributed by atoms with Crippen LogP contribution in [-0.2, 0) is 11.4 Å². The Hall–Kier alpha value is -1.33. The van der Waals surface area contributed by atoms with Crippen LogP contribution in [0.15, 0.2) is 30.3 Å². The van der Waals surface area contributed by atoms with Gasteiger partial charge in [-0.1, -0.05) is 30.3 Å². The van der Waals surface area contributed by atoms with E-state index in [4.69, 9.17) is 0 Å². The van der Waals surface area contributed by atoms with Crippen LogP contribution in [0.25, 0.3) is 0 Å². The van der Waals surface area contributed by atoms with Crippen molar-refractivity contribution >= 4 is 0 Å². The summed E-state index contributed by atoms with van der Waals surface area (Å²) in [5.41, 5.74) is 0.743. The summed E-state index contributed by atoms with van der Waals surface area (Å²) in [6.07, 6.45) is 8.00. The molecule has 1 rings (SSSR count). The molecular formula is C12H17FO. The van der Waals surface area contributed by atoms with Gasteiger partial charge in [-0.25, -0.2) is 4.39 Å². The molecule has 0 spiro atoms. The summed E-state index contributed by atoms with van der Waals surface area (Å²) in [6, 6.07) is 9.06. The Bertz CT molecular complexity index is 204. The van der Waals surface area contributed by atoms with Gasteiger partial charge in [0.25, 0.3) is 0 Å². The zero-order chi connectivity index (χ0) is 11.2. The highest BCUT2D eigenvalue weighted by atomic mass is 19.1. The van der Waals surface area contributed by atoms with Gasteiger partial charge in [-0.05, 0) is 12.5 Å². The summed E-state index contributed by atoms with van der Waals surface area (Å²) in [5.74, 6) is 0. The molecule has 0 atom stereocenters. The third-order valence-electron chi connectivity index (χ3n) is 1.29. The van der Waals surface area contributed by atoms with Crippen molar-refractivity contribution in [3.05, 3.63) is 35.9 Å². The van der Waals surface area contributed by atoms with E-state index in [-0.39, 0.29) is 6.67 Å². The van der Waals surface area contributed by atoms with Crippen molar-refractivity contribution < 1.29 is 9.13 Å². The van der Waals surface area contributed by atoms with Crippen LogP contribution in [0.5, 0.6) is 0 Å². The highest BCUT2D eigenvalue weighted by Gasteiger charge is 1.82. The largest absolute Gasteiger partial charge is 0.385 e. The van der Waals surface area contributed by atoms with Gasteiger partial charge in [-0.2, -0.15) is 0 Å². The molecule has 1 aromatic rings. The maximum atomic E-state index is 11.7. The Morgan fingerprint density at radius 2 is 1.64 bits per heavy atom. The van der Waals surface area contributed by atoms with E-state index in [0.717, 1.165) is 12.2 Å². The smallest absolute Gasteiger partial charge is 0.115 e. The first-order valence-electron chi connectivity index (χ1n) is 4.27. The first-order valence-corrected chi connectivity index (χ1v) is 4.27. The lowest BCUT2D eigenvalue weighted by Gasteiger charge is -1.87. The molecule has 0 aliphatic carbocycles. The van der Waals surface area contributed by atoms with E-state index in [9.17, 15) is 4.39 Å². The van der Waals surface area contributed by atoms with Gasteiger partial charge in [0.15, 0.2) is 0 Å². The van der Waals surface area contributed by atoms with E-state index < -0.39 is 0 Å². The third-order valence-corrected chi connectivity index (χ3v) is 1.29. The van der Waals surface area contributed by atoms with Crippen LogP contribution in [-0.4, -0.2) is 13.7 Å². The Labute approximate surface area is 85.9 Å². The van der Waals surface area contributed by atoms with Crippen LogP contribution in [0, 0.1) is 12.8 Å². The van der Waals surface area contributed by atoms with Crippen molar-refractivity contribution in [2.45, 2.75) is 13.6 Å². The number of ether oxygens (including phenoxy) is 1. The Kier molecular flexibility index (Phi) is 15.4. The SMILES string of the molecule is C#C.CCOC.FCc1ccccc1. The number of methoxy groups -OCH3 is 1. The predicted octanol–water partition coefficient (Wildman–Crippen LogP) is 3.06. The van der Waals surface area contributed by atoms with Crippen LogP contribution in [0.1, 0.15) is 12.5 Å². The lowest BCUT2D eigenvalue weighted by Crippen LogP contribution is -1.73. The van der Waals surface area contributed by atoms with Crippen molar-refractivity contribution in [2.75, 3.05) is 13.7 Å². The fourth-order valence-corrected chi connectivity index (χ4v) is 0.567. The molecule has 0 heterocycles. The summed E-state index contributed by atoms with van der Waals surface area (Å²) in [7, 11) is 1.68. The molecule has 1 aromatic carbocycles. The van der Waals surface area contributed by atoms with Crippen LogP contribution >= 0.6 is 0 Å². The standard InChI is InChI=1S/C7H7F.C3H8O.C2H2/c8-6-7-4-2-1-3-5-7;1-3-4-2;1-2/h1-5H,6H2;3H2,1-2H3;1-2H. The molecule has 1 nitrogen and oxygen atoms in total. The number of halogens is 1. The highest BCUT2D eigenvalue weighted by molar-refractivity contribution is 5.13. The summed E-state index contributed by atoms with van der Waals surface area (Å²) >= 11 is 0. The van der Waals surface area contributed by atoms with E-state index in [1.165, 1.54) is 0 Å². The van der Waals surface area contributed by atoms with Crippen LogP contribution < -0.4 is 0 Å². The minimum Gasteiger partial charge on any atom is -0.385 e. The lowest BCUT2D eigenvalue weighted by molar-refractivity contribution is 0.215. The van der Waals surface area contributed by atoms with Crippen LogP contribution in [0.2, 0.25) is 0 Å². The molecule has 0 aliphatic heterocycles. The maximum absolute atomic E-state index is 11.7. The third kappa shape index (κ3) is 10.7. The average molecular weight is 196 g/mol. The lowest BCUT2D eigenvalue weighted by atomic mass is 10.2. The monoisotopic (exact) mass is 196 g/mol. The number of benzene rings is 1. The first kappa shape index (κ1) is 15.2.